The molecule has 0 radical (unpaired) electrons. The van der Waals surface area contributed by atoms with Crippen molar-refractivity contribution in [3.05, 3.63) is 81.4 Å². The van der Waals surface area contributed by atoms with E-state index in [2.05, 4.69) is 6.58 Å². The number of nitro benzene ring substituents is 1. The second kappa shape index (κ2) is 7.72. The van der Waals surface area contributed by atoms with E-state index in [1.165, 1.54) is 24.3 Å². The van der Waals surface area contributed by atoms with E-state index in [0.717, 1.165) is 10.6 Å². The molecule has 0 aliphatic carbocycles. The van der Waals surface area contributed by atoms with Crippen molar-refractivity contribution >= 4 is 23.4 Å². The fourth-order valence-corrected chi connectivity index (χ4v) is 1.38. The molecule has 0 atom stereocenters. The first kappa shape index (κ1) is 15.4. The third-order valence-electron chi connectivity index (χ3n) is 2.31. The van der Waals surface area contributed by atoms with Gasteiger partial charge in [0, 0.05) is 17.2 Å². The number of nitro groups is 1. The number of nitrogens with zero attached hydrogens (tertiary/aromatic N) is 2. The molecule has 0 aliphatic heterocycles. The van der Waals surface area contributed by atoms with Crippen LogP contribution in [0.2, 0.25) is 5.02 Å². The van der Waals surface area contributed by atoms with E-state index in [0.29, 0.717) is 5.56 Å². The molecule has 0 saturated heterocycles. The van der Waals surface area contributed by atoms with Gasteiger partial charge in [0.05, 0.1) is 16.6 Å². The predicted octanol–water partition coefficient (Wildman–Crippen LogP) is 4.45. The smallest absolute Gasteiger partial charge is 0.258 e. The third-order valence-corrected chi connectivity index (χ3v) is 2.56. The van der Waals surface area contributed by atoms with E-state index in [9.17, 15) is 10.1 Å². The second-order valence-corrected chi connectivity index (χ2v) is 4.11. The molecule has 0 aliphatic rings. The van der Waals surface area contributed by atoms with Gasteiger partial charge in [0.1, 0.15) is 0 Å². The van der Waals surface area contributed by atoms with Crippen molar-refractivity contribution < 1.29 is 4.92 Å². The van der Waals surface area contributed by atoms with E-state index in [1.54, 1.807) is 6.08 Å². The van der Waals surface area contributed by atoms with Crippen LogP contribution in [0.5, 0.6) is 0 Å². The lowest BCUT2D eigenvalue weighted by Crippen LogP contribution is -1.86. The summed E-state index contributed by atoms with van der Waals surface area (Å²) in [6, 6.07) is 14.9. The van der Waals surface area contributed by atoms with Gasteiger partial charge in [-0.1, -0.05) is 36.4 Å². The topological polar surface area (TPSA) is 66.9 Å². The third kappa shape index (κ3) is 4.92. The second-order valence-electron chi connectivity index (χ2n) is 3.67. The van der Waals surface area contributed by atoms with E-state index in [-0.39, 0.29) is 5.69 Å². The van der Waals surface area contributed by atoms with Crippen LogP contribution in [0, 0.1) is 21.4 Å². The Balaban J connectivity index is 0.000000204. The Labute approximate surface area is 121 Å². The van der Waals surface area contributed by atoms with Gasteiger partial charge in [0.2, 0.25) is 0 Å². The first-order chi connectivity index (χ1) is 9.56. The highest BCUT2D eigenvalue weighted by Gasteiger charge is 2.02. The molecule has 0 saturated carbocycles. The molecule has 0 spiro atoms. The van der Waals surface area contributed by atoms with E-state index in [4.69, 9.17) is 16.9 Å². The Hall–Kier alpha value is -2.64. The maximum atomic E-state index is 10.1. The summed E-state index contributed by atoms with van der Waals surface area (Å²) < 4.78 is 0. The van der Waals surface area contributed by atoms with Gasteiger partial charge in [0.25, 0.3) is 5.69 Å². The number of benzene rings is 2. The molecule has 2 aromatic carbocycles. The molecule has 0 fully saturated rings. The Bertz CT molecular complexity index is 628. The minimum Gasteiger partial charge on any atom is -0.258 e. The van der Waals surface area contributed by atoms with E-state index < -0.39 is 4.92 Å². The van der Waals surface area contributed by atoms with Gasteiger partial charge in [-0.05, 0) is 29.8 Å². The molecule has 20 heavy (non-hydrogen) atoms. The normalized spacial score (nSPS) is 8.80. The molecule has 4 nitrogen and oxygen atoms in total. The van der Waals surface area contributed by atoms with Crippen molar-refractivity contribution in [3.63, 3.8) is 0 Å². The molecule has 2 rings (SSSR count). The maximum Gasteiger partial charge on any atom is 0.269 e. The van der Waals surface area contributed by atoms with Gasteiger partial charge in [-0.2, -0.15) is 5.26 Å². The first-order valence-electron chi connectivity index (χ1n) is 5.59. The molecule has 0 N–H and O–H groups in total. The molecule has 0 bridgehead atoms. The molecule has 5 heteroatoms. The molecular formula is C15H11ClN2O2. The average Bonchev–Trinajstić information content (AvgIpc) is 2.49. The van der Waals surface area contributed by atoms with Crippen LogP contribution in [0.25, 0.3) is 6.08 Å². The van der Waals surface area contributed by atoms with E-state index in [1.807, 2.05) is 30.3 Å². The molecule has 0 heterocycles. The minimum atomic E-state index is -0.499. The summed E-state index contributed by atoms with van der Waals surface area (Å²) in [5.74, 6) is 0. The zero-order valence-electron chi connectivity index (χ0n) is 10.5. The van der Waals surface area contributed by atoms with Gasteiger partial charge in [-0.15, -0.1) is 0 Å². The highest BCUT2D eigenvalue weighted by molar-refractivity contribution is 6.30. The Kier molecular flexibility index (Phi) is 5.95. The zero-order valence-corrected chi connectivity index (χ0v) is 11.2. The average molecular weight is 287 g/mol. The summed E-state index contributed by atoms with van der Waals surface area (Å²) in [6.45, 7) is 3.62. The van der Waals surface area contributed by atoms with Crippen LogP contribution in [-0.2, 0) is 0 Å². The van der Waals surface area contributed by atoms with Gasteiger partial charge >= 0.3 is 0 Å². The van der Waals surface area contributed by atoms with Crippen LogP contribution >= 0.6 is 11.6 Å². The number of rotatable bonds is 2. The maximum absolute atomic E-state index is 10.1. The lowest BCUT2D eigenvalue weighted by atomic mass is 10.2. The standard InChI is InChI=1S/C8H7Cl.C7H4N2O2/c1-2-7-3-5-8(9)6-4-7;8-5-6-1-3-7(4-2-6)9(10)11/h2-6H,1H2;1-4H. The summed E-state index contributed by atoms with van der Waals surface area (Å²) in [5, 5.41) is 19.2. The van der Waals surface area contributed by atoms with Crippen LogP contribution in [0.3, 0.4) is 0 Å². The van der Waals surface area contributed by atoms with Crippen LogP contribution < -0.4 is 0 Å². The highest BCUT2D eigenvalue weighted by atomic mass is 35.5. The summed E-state index contributed by atoms with van der Waals surface area (Å²) in [5.41, 5.74) is 1.53. The number of nitriles is 1. The Morgan fingerprint density at radius 2 is 1.70 bits per heavy atom. The van der Waals surface area contributed by atoms with Gasteiger partial charge in [-0.3, -0.25) is 10.1 Å². The number of halogens is 1. The van der Waals surface area contributed by atoms with Crippen molar-refractivity contribution in [2.75, 3.05) is 0 Å². The molecular weight excluding hydrogens is 276 g/mol. The first-order valence-corrected chi connectivity index (χ1v) is 5.97. The summed E-state index contributed by atoms with van der Waals surface area (Å²) >= 11 is 5.63. The zero-order chi connectivity index (χ0) is 15.0. The molecule has 2 aromatic rings. The van der Waals surface area contributed by atoms with Crippen molar-refractivity contribution in [3.8, 4) is 6.07 Å². The summed E-state index contributed by atoms with van der Waals surface area (Å²) in [7, 11) is 0. The fourth-order valence-electron chi connectivity index (χ4n) is 1.26. The van der Waals surface area contributed by atoms with Gasteiger partial charge in [0.15, 0.2) is 0 Å². The Morgan fingerprint density at radius 3 is 2.10 bits per heavy atom. The van der Waals surface area contributed by atoms with E-state index >= 15 is 0 Å². The number of hydrogen-bond acceptors (Lipinski definition) is 3. The highest BCUT2D eigenvalue weighted by Crippen LogP contribution is 2.10. The molecule has 0 aromatic heterocycles. The lowest BCUT2D eigenvalue weighted by Gasteiger charge is -1.89. The van der Waals surface area contributed by atoms with Gasteiger partial charge < -0.3 is 0 Å². The summed E-state index contributed by atoms with van der Waals surface area (Å²) in [6.07, 6.45) is 1.79. The number of non-ortho nitro benzene ring substituents is 1. The molecule has 100 valence electrons. The SMILES string of the molecule is C=Cc1ccc(Cl)cc1.N#Cc1ccc([N+](=O)[O-])cc1. The largest absolute Gasteiger partial charge is 0.269 e. The monoisotopic (exact) mass is 286 g/mol. The molecule has 0 unspecified atom stereocenters. The van der Waals surface area contributed by atoms with Crippen molar-refractivity contribution in [2.24, 2.45) is 0 Å². The number of hydrogen-bond donors (Lipinski definition) is 0. The molecule has 0 amide bonds. The van der Waals surface area contributed by atoms with Crippen molar-refractivity contribution in [1.82, 2.24) is 0 Å². The summed E-state index contributed by atoms with van der Waals surface area (Å²) in [4.78, 5) is 9.62. The van der Waals surface area contributed by atoms with Crippen LogP contribution in [-0.4, -0.2) is 4.92 Å². The van der Waals surface area contributed by atoms with Gasteiger partial charge in [-0.25, -0.2) is 0 Å². The van der Waals surface area contributed by atoms with Crippen LogP contribution in [0.15, 0.2) is 55.1 Å². The Morgan fingerprint density at radius 1 is 1.15 bits per heavy atom. The van der Waals surface area contributed by atoms with Crippen LogP contribution in [0.4, 0.5) is 5.69 Å². The lowest BCUT2D eigenvalue weighted by molar-refractivity contribution is -0.384. The fraction of sp³-hybridized carbons (Fsp3) is 0. The minimum absolute atomic E-state index is 0.00370. The van der Waals surface area contributed by atoms with Crippen LogP contribution in [0.1, 0.15) is 11.1 Å². The quantitative estimate of drug-likeness (QED) is 0.605. The van der Waals surface area contributed by atoms with Crippen molar-refractivity contribution in [2.45, 2.75) is 0 Å². The predicted molar refractivity (Wildman–Crippen MR) is 79.4 cm³/mol. The van der Waals surface area contributed by atoms with Crippen molar-refractivity contribution in [1.29, 1.82) is 5.26 Å².